The van der Waals surface area contributed by atoms with E-state index in [2.05, 4.69) is 19.8 Å². The van der Waals surface area contributed by atoms with Crippen LogP contribution in [-0.2, 0) is 4.74 Å². The van der Waals surface area contributed by atoms with Gasteiger partial charge in [0.15, 0.2) is 5.82 Å². The molecule has 2 bridgehead atoms. The molecule has 3 aromatic rings. The first-order chi connectivity index (χ1) is 21.4. The van der Waals surface area contributed by atoms with Crippen LogP contribution in [0.1, 0.15) is 58.4 Å². The van der Waals surface area contributed by atoms with Crippen LogP contribution in [0.3, 0.4) is 0 Å². The molecule has 0 spiro atoms. The van der Waals surface area contributed by atoms with Gasteiger partial charge in [0.2, 0.25) is 0 Å². The highest BCUT2D eigenvalue weighted by Gasteiger charge is 2.50. The number of piperazine rings is 1. The molecule has 2 unspecified atom stereocenters. The number of aromatic hydroxyl groups is 1. The smallest absolute Gasteiger partial charge is 0.410 e. The fraction of sp³-hybridized carbons (Fsp3) is 0.576. The van der Waals surface area contributed by atoms with Gasteiger partial charge in [0, 0.05) is 37.8 Å². The molecule has 1 amide bonds. The van der Waals surface area contributed by atoms with Gasteiger partial charge in [-0.25, -0.2) is 13.6 Å². The Balaban J connectivity index is 1.26. The summed E-state index contributed by atoms with van der Waals surface area (Å²) in [5, 5.41) is 10.6. The Bertz CT molecular complexity index is 1640. The van der Waals surface area contributed by atoms with E-state index in [-0.39, 0.29) is 47.8 Å². The van der Waals surface area contributed by atoms with Crippen LogP contribution in [0.2, 0.25) is 0 Å². The molecule has 6 heterocycles. The van der Waals surface area contributed by atoms with Gasteiger partial charge in [-0.3, -0.25) is 14.8 Å². The standard InChI is InChI=1S/C33H40F2N6O4/c1-19-6-9-23(42)12-24(19)27-26(35)28-25(14-36-27)29(38-30(37-28)44-18-33-10-5-11-40(33)15-20(34)13-33)39-16-21-7-8-22(17-39)41(21)31(43)45-32(2,3)4/h6,9,12,14,20-22,42H,5,7-8,10-11,13,15-18H2,1-4H3/t20?,21-,22+,33?. The summed E-state index contributed by atoms with van der Waals surface area (Å²) in [4.78, 5) is 33.0. The van der Waals surface area contributed by atoms with E-state index in [1.807, 2.05) is 32.6 Å². The van der Waals surface area contributed by atoms with E-state index < -0.39 is 23.1 Å². The number of rotatable bonds is 5. The summed E-state index contributed by atoms with van der Waals surface area (Å²) >= 11 is 0. The molecule has 4 saturated heterocycles. The monoisotopic (exact) mass is 622 g/mol. The summed E-state index contributed by atoms with van der Waals surface area (Å²) in [5.41, 5.74) is 0.311. The number of fused-ring (bicyclic) bond motifs is 4. The maximum atomic E-state index is 16.5. The highest BCUT2D eigenvalue weighted by atomic mass is 19.1. The number of pyridine rings is 1. The summed E-state index contributed by atoms with van der Waals surface area (Å²) in [6, 6.07) is 4.58. The number of anilines is 1. The average molecular weight is 623 g/mol. The Morgan fingerprint density at radius 3 is 2.64 bits per heavy atom. The first-order valence-electron chi connectivity index (χ1n) is 15.9. The number of hydrogen-bond acceptors (Lipinski definition) is 9. The second-order valence-corrected chi connectivity index (χ2v) is 14.1. The number of phenols is 1. The third-order valence-electron chi connectivity index (χ3n) is 9.74. The summed E-state index contributed by atoms with van der Waals surface area (Å²) in [6.07, 6.45) is 4.17. The number of nitrogens with zero attached hydrogens (tertiary/aromatic N) is 6. The molecule has 2 aromatic heterocycles. The lowest BCUT2D eigenvalue weighted by Gasteiger charge is -2.42. The van der Waals surface area contributed by atoms with Gasteiger partial charge in [-0.15, -0.1) is 0 Å². The van der Waals surface area contributed by atoms with E-state index in [1.165, 1.54) is 6.07 Å². The van der Waals surface area contributed by atoms with Crippen LogP contribution in [0.15, 0.2) is 24.4 Å². The van der Waals surface area contributed by atoms with Crippen molar-refractivity contribution >= 4 is 22.8 Å². The van der Waals surface area contributed by atoms with E-state index in [9.17, 15) is 14.3 Å². The zero-order chi connectivity index (χ0) is 31.7. The predicted octanol–water partition coefficient (Wildman–Crippen LogP) is 5.39. The van der Waals surface area contributed by atoms with E-state index in [1.54, 1.807) is 18.3 Å². The zero-order valence-corrected chi connectivity index (χ0v) is 26.2. The summed E-state index contributed by atoms with van der Waals surface area (Å²) < 4.78 is 42.9. The average Bonchev–Trinajstić information content (AvgIpc) is 3.59. The van der Waals surface area contributed by atoms with E-state index in [0.717, 1.165) is 37.8 Å². The van der Waals surface area contributed by atoms with Crippen molar-refractivity contribution in [3.8, 4) is 23.0 Å². The molecule has 1 N–H and O–H groups in total. The second kappa shape index (κ2) is 10.9. The molecule has 4 fully saturated rings. The van der Waals surface area contributed by atoms with Crippen LogP contribution in [-0.4, -0.2) is 98.1 Å². The van der Waals surface area contributed by atoms with Crippen molar-refractivity contribution in [1.82, 2.24) is 24.8 Å². The molecular weight excluding hydrogens is 582 g/mol. The van der Waals surface area contributed by atoms with Gasteiger partial charge < -0.3 is 19.5 Å². The van der Waals surface area contributed by atoms with E-state index in [4.69, 9.17) is 14.5 Å². The Morgan fingerprint density at radius 1 is 1.16 bits per heavy atom. The molecule has 12 heteroatoms. The molecule has 7 rings (SSSR count). The Morgan fingerprint density at radius 2 is 1.91 bits per heavy atom. The van der Waals surface area contributed by atoms with E-state index in [0.29, 0.717) is 42.8 Å². The quantitative estimate of drug-likeness (QED) is 0.401. The van der Waals surface area contributed by atoms with Gasteiger partial charge in [-0.1, -0.05) is 6.07 Å². The molecule has 1 aromatic carbocycles. The Hall–Kier alpha value is -3.80. The summed E-state index contributed by atoms with van der Waals surface area (Å²) in [5.74, 6) is -0.155. The minimum atomic E-state index is -0.907. The highest BCUT2D eigenvalue weighted by molar-refractivity contribution is 5.92. The Kier molecular flexibility index (Phi) is 7.25. The molecule has 45 heavy (non-hydrogen) atoms. The van der Waals surface area contributed by atoms with Crippen LogP contribution in [0.4, 0.5) is 19.4 Å². The number of halogens is 2. The fourth-order valence-electron chi connectivity index (χ4n) is 7.72. The largest absolute Gasteiger partial charge is 0.508 e. The number of ether oxygens (including phenoxy) is 2. The molecule has 4 aliphatic heterocycles. The molecule has 240 valence electrons. The van der Waals surface area contributed by atoms with Gasteiger partial charge in [0.05, 0.1) is 23.0 Å². The normalized spacial score (nSPS) is 26.5. The summed E-state index contributed by atoms with van der Waals surface area (Å²) in [7, 11) is 0. The van der Waals surface area contributed by atoms with Crippen molar-refractivity contribution in [3.63, 3.8) is 0 Å². The molecule has 0 saturated carbocycles. The van der Waals surface area contributed by atoms with Crippen LogP contribution >= 0.6 is 0 Å². The van der Waals surface area contributed by atoms with E-state index >= 15 is 4.39 Å². The third-order valence-corrected chi connectivity index (χ3v) is 9.74. The van der Waals surface area contributed by atoms with Crippen LogP contribution < -0.4 is 9.64 Å². The number of benzene rings is 1. The topological polar surface area (TPSA) is 104 Å². The maximum Gasteiger partial charge on any atom is 0.410 e. The number of carbonyl (C=O) groups excluding carboxylic acids is 1. The van der Waals surface area contributed by atoms with Gasteiger partial charge in [-0.05, 0) is 77.6 Å². The first-order valence-corrected chi connectivity index (χ1v) is 15.9. The lowest BCUT2D eigenvalue weighted by Crippen LogP contribution is -2.57. The van der Waals surface area contributed by atoms with Crippen molar-refractivity contribution < 1.29 is 28.2 Å². The number of phenolic OH excluding ortho intramolecular Hbond substituents is 1. The number of amides is 1. The molecular formula is C33H40F2N6O4. The third kappa shape index (κ3) is 5.40. The van der Waals surface area contributed by atoms with Crippen molar-refractivity contribution in [3.05, 3.63) is 35.8 Å². The van der Waals surface area contributed by atoms with Crippen molar-refractivity contribution in [2.75, 3.05) is 37.7 Å². The second-order valence-electron chi connectivity index (χ2n) is 14.1. The lowest BCUT2D eigenvalue weighted by atomic mass is 9.95. The van der Waals surface area contributed by atoms with Gasteiger partial charge in [-0.2, -0.15) is 9.97 Å². The van der Waals surface area contributed by atoms with Crippen molar-refractivity contribution in [2.24, 2.45) is 0 Å². The predicted molar refractivity (Wildman–Crippen MR) is 165 cm³/mol. The SMILES string of the molecule is Cc1ccc(O)cc1-c1ncc2c(N3C[C@H]4CC[C@@H](C3)N4C(=O)OC(C)(C)C)nc(OCC34CCCN3CC(F)C4)nc2c1F. The zero-order valence-electron chi connectivity index (χ0n) is 26.2. The Labute approximate surface area is 261 Å². The minimum absolute atomic E-state index is 0.00531. The van der Waals surface area contributed by atoms with Crippen molar-refractivity contribution in [1.29, 1.82) is 0 Å². The fourth-order valence-corrected chi connectivity index (χ4v) is 7.72. The number of aryl methyl sites for hydroxylation is 1. The van der Waals surface area contributed by atoms with Gasteiger partial charge in [0.1, 0.15) is 41.2 Å². The summed E-state index contributed by atoms with van der Waals surface area (Å²) in [6.45, 7) is 9.79. The molecule has 4 aliphatic rings. The van der Waals surface area contributed by atoms with Crippen molar-refractivity contribution in [2.45, 2.75) is 89.2 Å². The molecule has 4 atom stereocenters. The first kappa shape index (κ1) is 29.9. The maximum absolute atomic E-state index is 16.5. The number of carbonyl (C=O) groups is 1. The van der Waals surface area contributed by atoms with Gasteiger partial charge >= 0.3 is 12.1 Å². The van der Waals surface area contributed by atoms with Gasteiger partial charge in [0.25, 0.3) is 0 Å². The highest BCUT2D eigenvalue weighted by Crippen LogP contribution is 2.42. The molecule has 0 aliphatic carbocycles. The van der Waals surface area contributed by atoms with Crippen LogP contribution in [0.25, 0.3) is 22.2 Å². The number of aromatic nitrogens is 3. The number of hydrogen-bond donors (Lipinski definition) is 1. The van der Waals surface area contributed by atoms with Crippen LogP contribution in [0, 0.1) is 12.7 Å². The number of alkyl halides is 1. The van der Waals surface area contributed by atoms with Crippen LogP contribution in [0.5, 0.6) is 11.8 Å². The minimum Gasteiger partial charge on any atom is -0.508 e. The molecule has 0 radical (unpaired) electrons. The lowest BCUT2D eigenvalue weighted by molar-refractivity contribution is 0.0122. The molecule has 10 nitrogen and oxygen atoms in total.